The van der Waals surface area contributed by atoms with E-state index >= 15 is 0 Å². The van der Waals surface area contributed by atoms with Gasteiger partial charge < -0.3 is 4.74 Å². The molecular formula is C11H13ClF2N2O2. The lowest BCUT2D eigenvalue weighted by molar-refractivity contribution is 0.00484. The predicted octanol–water partition coefficient (Wildman–Crippen LogP) is 3.20. The van der Waals surface area contributed by atoms with E-state index in [1.165, 1.54) is 0 Å². The van der Waals surface area contributed by atoms with Crippen molar-refractivity contribution in [1.82, 2.24) is 9.97 Å². The second kappa shape index (κ2) is 4.76. The molecule has 0 saturated heterocycles. The lowest BCUT2D eigenvalue weighted by Gasteiger charge is -2.19. The number of carbonyl (C=O) groups is 1. The number of hydrogen-bond acceptors (Lipinski definition) is 4. The molecule has 0 atom stereocenters. The van der Waals surface area contributed by atoms with Gasteiger partial charge in [0.2, 0.25) is 0 Å². The topological polar surface area (TPSA) is 52.1 Å². The Morgan fingerprint density at radius 1 is 1.33 bits per heavy atom. The Kier molecular flexibility index (Phi) is 3.90. The zero-order chi connectivity index (χ0) is 14.1. The Balaban J connectivity index is 3.02. The first-order chi connectivity index (χ1) is 8.00. The summed E-state index contributed by atoms with van der Waals surface area (Å²) >= 11 is 5.57. The van der Waals surface area contributed by atoms with E-state index in [1.54, 1.807) is 20.8 Å². The summed E-state index contributed by atoms with van der Waals surface area (Å²) in [6.07, 6.45) is 0.923. The number of halogens is 3. The maximum Gasteiger partial charge on any atom is 0.359 e. The lowest BCUT2D eigenvalue weighted by Crippen LogP contribution is -2.25. The minimum absolute atomic E-state index is 0.206. The molecule has 0 unspecified atom stereocenters. The summed E-state index contributed by atoms with van der Waals surface area (Å²) in [6, 6.07) is 0. The van der Waals surface area contributed by atoms with E-state index in [-0.39, 0.29) is 5.69 Å². The number of aromatic nitrogens is 2. The predicted molar refractivity (Wildman–Crippen MR) is 61.8 cm³/mol. The highest BCUT2D eigenvalue weighted by molar-refractivity contribution is 6.30. The second-order valence-electron chi connectivity index (χ2n) is 4.78. The number of esters is 1. The summed E-state index contributed by atoms with van der Waals surface area (Å²) < 4.78 is 31.0. The van der Waals surface area contributed by atoms with Crippen LogP contribution in [0.15, 0.2) is 6.20 Å². The standard InChI is InChI=1S/C11H13ClF2N2O2/c1-10(2,3)18-9(17)6-5-15-7(8(12)16-6)11(4,13)14/h5H,1-4H3. The van der Waals surface area contributed by atoms with Crippen LogP contribution in [0.5, 0.6) is 0 Å². The fraction of sp³-hybridized carbons (Fsp3) is 0.545. The van der Waals surface area contributed by atoms with Crippen molar-refractivity contribution in [2.24, 2.45) is 0 Å². The molecule has 0 spiro atoms. The average Bonchev–Trinajstić information content (AvgIpc) is 2.12. The van der Waals surface area contributed by atoms with Crippen LogP contribution in [-0.2, 0) is 10.7 Å². The number of rotatable bonds is 2. The van der Waals surface area contributed by atoms with Gasteiger partial charge >= 0.3 is 5.97 Å². The van der Waals surface area contributed by atoms with E-state index in [9.17, 15) is 13.6 Å². The highest BCUT2D eigenvalue weighted by Gasteiger charge is 2.31. The number of carbonyl (C=O) groups excluding carboxylic acids is 1. The molecule has 100 valence electrons. The van der Waals surface area contributed by atoms with Crippen molar-refractivity contribution in [1.29, 1.82) is 0 Å². The molecular weight excluding hydrogens is 266 g/mol. The summed E-state index contributed by atoms with van der Waals surface area (Å²) in [6.45, 7) is 5.67. The van der Waals surface area contributed by atoms with Crippen molar-refractivity contribution < 1.29 is 18.3 Å². The fourth-order valence-electron chi connectivity index (χ4n) is 1.09. The van der Waals surface area contributed by atoms with Crippen LogP contribution in [0.4, 0.5) is 8.78 Å². The highest BCUT2D eigenvalue weighted by atomic mass is 35.5. The van der Waals surface area contributed by atoms with Gasteiger partial charge in [0, 0.05) is 6.92 Å². The molecule has 0 amide bonds. The Labute approximate surface area is 108 Å². The molecule has 7 heteroatoms. The van der Waals surface area contributed by atoms with Gasteiger partial charge in [-0.2, -0.15) is 8.78 Å². The van der Waals surface area contributed by atoms with Crippen LogP contribution in [0.3, 0.4) is 0 Å². The molecule has 1 aromatic heterocycles. The molecule has 0 aliphatic rings. The third kappa shape index (κ3) is 3.87. The summed E-state index contributed by atoms with van der Waals surface area (Å²) in [5, 5.41) is -0.508. The van der Waals surface area contributed by atoms with Crippen molar-refractivity contribution in [2.45, 2.75) is 39.2 Å². The van der Waals surface area contributed by atoms with Crippen molar-refractivity contribution in [3.8, 4) is 0 Å². The minimum Gasteiger partial charge on any atom is -0.455 e. The van der Waals surface area contributed by atoms with Gasteiger partial charge in [0.25, 0.3) is 5.92 Å². The van der Waals surface area contributed by atoms with E-state index in [2.05, 4.69) is 9.97 Å². The molecule has 18 heavy (non-hydrogen) atoms. The zero-order valence-corrected chi connectivity index (χ0v) is 11.2. The largest absolute Gasteiger partial charge is 0.455 e. The van der Waals surface area contributed by atoms with Gasteiger partial charge in [0.15, 0.2) is 10.8 Å². The number of alkyl halides is 2. The van der Waals surface area contributed by atoms with E-state index < -0.39 is 28.3 Å². The first-order valence-electron chi connectivity index (χ1n) is 5.15. The Bertz CT molecular complexity index is 467. The summed E-state index contributed by atoms with van der Waals surface area (Å²) in [5.41, 5.74) is -1.59. The van der Waals surface area contributed by atoms with Crippen molar-refractivity contribution in [3.63, 3.8) is 0 Å². The molecule has 0 aliphatic heterocycles. The highest BCUT2D eigenvalue weighted by Crippen LogP contribution is 2.29. The first kappa shape index (κ1) is 14.8. The molecule has 0 aromatic carbocycles. The van der Waals surface area contributed by atoms with Crippen LogP contribution in [0.1, 0.15) is 43.9 Å². The first-order valence-corrected chi connectivity index (χ1v) is 5.52. The summed E-state index contributed by atoms with van der Waals surface area (Å²) in [5.74, 6) is -3.97. The summed E-state index contributed by atoms with van der Waals surface area (Å²) in [4.78, 5) is 18.6. The van der Waals surface area contributed by atoms with Crippen LogP contribution in [0.25, 0.3) is 0 Å². The van der Waals surface area contributed by atoms with Gasteiger partial charge in [-0.25, -0.2) is 14.8 Å². The summed E-state index contributed by atoms with van der Waals surface area (Å²) in [7, 11) is 0. The normalized spacial score (nSPS) is 12.4. The lowest BCUT2D eigenvalue weighted by atomic mass is 10.2. The number of ether oxygens (including phenoxy) is 1. The van der Waals surface area contributed by atoms with Crippen molar-refractivity contribution in [2.75, 3.05) is 0 Å². The van der Waals surface area contributed by atoms with Gasteiger partial charge in [-0.1, -0.05) is 11.6 Å². The van der Waals surface area contributed by atoms with Gasteiger partial charge in [-0.05, 0) is 20.8 Å². The van der Waals surface area contributed by atoms with Crippen LogP contribution >= 0.6 is 11.6 Å². The van der Waals surface area contributed by atoms with Crippen LogP contribution in [-0.4, -0.2) is 21.5 Å². The smallest absolute Gasteiger partial charge is 0.359 e. The SMILES string of the molecule is CC(C)(C)OC(=O)c1cnc(C(C)(F)F)c(Cl)n1. The molecule has 0 saturated carbocycles. The number of hydrogen-bond donors (Lipinski definition) is 0. The molecule has 1 aromatic rings. The fourth-order valence-corrected chi connectivity index (χ4v) is 1.40. The van der Waals surface area contributed by atoms with E-state index in [1.807, 2.05) is 0 Å². The van der Waals surface area contributed by atoms with Crippen LogP contribution in [0, 0.1) is 0 Å². The zero-order valence-electron chi connectivity index (χ0n) is 10.4. The van der Waals surface area contributed by atoms with Gasteiger partial charge in [-0.3, -0.25) is 0 Å². The molecule has 1 heterocycles. The molecule has 4 nitrogen and oxygen atoms in total. The monoisotopic (exact) mass is 278 g/mol. The quantitative estimate of drug-likeness (QED) is 0.780. The molecule has 0 aliphatic carbocycles. The molecule has 1 rings (SSSR count). The molecule has 0 radical (unpaired) electrons. The van der Waals surface area contributed by atoms with E-state index in [4.69, 9.17) is 16.3 Å². The van der Waals surface area contributed by atoms with Gasteiger partial charge in [-0.15, -0.1) is 0 Å². The van der Waals surface area contributed by atoms with E-state index in [0.717, 1.165) is 6.20 Å². The average molecular weight is 279 g/mol. The third-order valence-corrected chi connectivity index (χ3v) is 2.02. The Hall–Kier alpha value is -1.30. The van der Waals surface area contributed by atoms with Gasteiger partial charge in [0.1, 0.15) is 11.3 Å². The number of nitrogens with zero attached hydrogens (tertiary/aromatic N) is 2. The molecule has 0 fully saturated rings. The third-order valence-electron chi connectivity index (χ3n) is 1.75. The van der Waals surface area contributed by atoms with Crippen LogP contribution < -0.4 is 0 Å². The Morgan fingerprint density at radius 3 is 2.28 bits per heavy atom. The maximum atomic E-state index is 13.0. The van der Waals surface area contributed by atoms with Gasteiger partial charge in [0.05, 0.1) is 6.20 Å². The van der Waals surface area contributed by atoms with Crippen LogP contribution in [0.2, 0.25) is 5.15 Å². The molecule has 0 bridgehead atoms. The minimum atomic E-state index is -3.21. The van der Waals surface area contributed by atoms with E-state index in [0.29, 0.717) is 6.92 Å². The maximum absolute atomic E-state index is 13.0. The molecule has 0 N–H and O–H groups in total. The Morgan fingerprint density at radius 2 is 1.89 bits per heavy atom. The van der Waals surface area contributed by atoms with Crippen molar-refractivity contribution >= 4 is 17.6 Å². The second-order valence-corrected chi connectivity index (χ2v) is 5.14. The van der Waals surface area contributed by atoms with Crippen molar-refractivity contribution in [3.05, 3.63) is 22.7 Å².